The van der Waals surface area contributed by atoms with Crippen LogP contribution in [0.4, 0.5) is 4.79 Å². The van der Waals surface area contributed by atoms with Crippen LogP contribution in [0.25, 0.3) is 17.0 Å². The molecule has 31 heavy (non-hydrogen) atoms. The molecular formula is C23H19N3O4S. The molecule has 1 N–H and O–H groups in total. The number of fused-ring (bicyclic) bond motifs is 1. The van der Waals surface area contributed by atoms with E-state index in [9.17, 15) is 19.2 Å². The summed E-state index contributed by atoms with van der Waals surface area (Å²) in [7, 11) is 1.65. The number of benzene rings is 2. The second-order valence-corrected chi connectivity index (χ2v) is 7.97. The van der Waals surface area contributed by atoms with Crippen LogP contribution in [0.15, 0.2) is 70.4 Å². The summed E-state index contributed by atoms with van der Waals surface area (Å²) in [5.74, 6) is -0.812. The fourth-order valence-corrected chi connectivity index (χ4v) is 4.23. The van der Waals surface area contributed by atoms with E-state index >= 15 is 0 Å². The van der Waals surface area contributed by atoms with Gasteiger partial charge in [0.2, 0.25) is 0 Å². The van der Waals surface area contributed by atoms with Gasteiger partial charge in [0.25, 0.3) is 22.6 Å². The van der Waals surface area contributed by atoms with Gasteiger partial charge in [0.05, 0.1) is 16.0 Å². The van der Waals surface area contributed by atoms with Crippen molar-refractivity contribution in [2.45, 2.75) is 0 Å². The van der Waals surface area contributed by atoms with Crippen LogP contribution in [0.2, 0.25) is 0 Å². The minimum atomic E-state index is -0.430. The molecule has 0 bridgehead atoms. The van der Waals surface area contributed by atoms with Crippen LogP contribution in [0, 0.1) is 0 Å². The van der Waals surface area contributed by atoms with E-state index in [-0.39, 0.29) is 35.4 Å². The zero-order valence-corrected chi connectivity index (χ0v) is 17.5. The first-order valence-corrected chi connectivity index (χ1v) is 10.4. The second-order valence-electron chi connectivity index (χ2n) is 6.97. The number of carbonyl (C=O) groups excluding carboxylic acids is 3. The maximum absolute atomic E-state index is 12.7. The summed E-state index contributed by atoms with van der Waals surface area (Å²) in [5.41, 5.74) is 1.45. The molecule has 0 spiro atoms. The van der Waals surface area contributed by atoms with Gasteiger partial charge in [0.15, 0.2) is 0 Å². The summed E-state index contributed by atoms with van der Waals surface area (Å²) in [6.07, 6.45) is 1.68. The van der Waals surface area contributed by atoms with Crippen LogP contribution in [0.1, 0.15) is 15.9 Å². The Bertz CT molecular complexity index is 1280. The summed E-state index contributed by atoms with van der Waals surface area (Å²) >= 11 is 0.879. The minimum Gasteiger partial charge on any atom is -0.350 e. The molecule has 0 atom stereocenters. The highest BCUT2D eigenvalue weighted by molar-refractivity contribution is 8.18. The third-order valence-corrected chi connectivity index (χ3v) is 5.90. The summed E-state index contributed by atoms with van der Waals surface area (Å²) in [6.45, 7) is 0.129. The molecule has 3 amide bonds. The van der Waals surface area contributed by atoms with Crippen molar-refractivity contribution in [2.75, 3.05) is 13.1 Å². The van der Waals surface area contributed by atoms with Gasteiger partial charge in [-0.25, -0.2) is 0 Å². The van der Waals surface area contributed by atoms with Gasteiger partial charge in [-0.15, -0.1) is 0 Å². The monoisotopic (exact) mass is 433 g/mol. The zero-order valence-electron chi connectivity index (χ0n) is 16.7. The molecule has 0 radical (unpaired) electrons. The highest BCUT2D eigenvalue weighted by atomic mass is 32.2. The Hall–Kier alpha value is -3.65. The molecule has 156 valence electrons. The van der Waals surface area contributed by atoms with E-state index in [0.717, 1.165) is 22.2 Å². The average molecular weight is 433 g/mol. The van der Waals surface area contributed by atoms with E-state index < -0.39 is 5.91 Å². The van der Waals surface area contributed by atoms with Crippen LogP contribution in [0.5, 0.6) is 0 Å². The first-order valence-electron chi connectivity index (χ1n) is 9.63. The lowest BCUT2D eigenvalue weighted by molar-refractivity contribution is -0.122. The number of thioether (sulfide) groups is 1. The van der Waals surface area contributed by atoms with E-state index in [2.05, 4.69) is 5.32 Å². The van der Waals surface area contributed by atoms with Crippen molar-refractivity contribution in [2.24, 2.45) is 7.05 Å². The highest BCUT2D eigenvalue weighted by Crippen LogP contribution is 2.31. The van der Waals surface area contributed by atoms with Crippen molar-refractivity contribution < 1.29 is 14.4 Å². The maximum atomic E-state index is 12.7. The largest absolute Gasteiger partial charge is 0.350 e. The average Bonchev–Trinajstić information content (AvgIpc) is 3.04. The number of nitrogens with zero attached hydrogens (tertiary/aromatic N) is 2. The summed E-state index contributed by atoms with van der Waals surface area (Å²) in [5, 5.41) is 2.99. The molecule has 1 aromatic heterocycles. The number of aryl methyl sites for hydroxylation is 1. The quantitative estimate of drug-likeness (QED) is 0.625. The first kappa shape index (κ1) is 20.6. The molecule has 2 aromatic carbocycles. The molecule has 1 fully saturated rings. The van der Waals surface area contributed by atoms with Crippen molar-refractivity contribution in [3.8, 4) is 0 Å². The number of nitrogens with one attached hydrogen (secondary N) is 1. The first-order chi connectivity index (χ1) is 15.0. The highest BCUT2D eigenvalue weighted by Gasteiger charge is 2.34. The lowest BCUT2D eigenvalue weighted by Crippen LogP contribution is -2.37. The number of hydrogen-bond donors (Lipinski definition) is 1. The molecule has 7 nitrogen and oxygen atoms in total. The lowest BCUT2D eigenvalue weighted by atomic mass is 10.1. The molecule has 3 aromatic rings. The predicted molar refractivity (Wildman–Crippen MR) is 121 cm³/mol. The van der Waals surface area contributed by atoms with Gasteiger partial charge in [0, 0.05) is 31.6 Å². The topological polar surface area (TPSA) is 88.5 Å². The second kappa shape index (κ2) is 8.61. The third-order valence-electron chi connectivity index (χ3n) is 4.99. The number of imide groups is 1. The molecule has 1 saturated heterocycles. The number of carbonyl (C=O) groups is 3. The van der Waals surface area contributed by atoms with Crippen LogP contribution in [-0.2, 0) is 11.8 Å². The Morgan fingerprint density at radius 2 is 1.74 bits per heavy atom. The Morgan fingerprint density at radius 1 is 1.03 bits per heavy atom. The van der Waals surface area contributed by atoms with Crippen LogP contribution < -0.4 is 10.9 Å². The Kier molecular flexibility index (Phi) is 5.73. The number of aromatic nitrogens is 1. The third kappa shape index (κ3) is 4.15. The molecule has 4 rings (SSSR count). The maximum Gasteiger partial charge on any atom is 0.293 e. The molecule has 1 aliphatic heterocycles. The van der Waals surface area contributed by atoms with Crippen LogP contribution >= 0.6 is 11.8 Å². The van der Waals surface area contributed by atoms with Gasteiger partial charge in [-0.2, -0.15) is 0 Å². The zero-order chi connectivity index (χ0) is 22.0. The minimum absolute atomic E-state index is 0.0469. The van der Waals surface area contributed by atoms with Crippen molar-refractivity contribution in [1.29, 1.82) is 0 Å². The molecular weight excluding hydrogens is 414 g/mol. The number of para-hydroxylation sites is 1. The lowest BCUT2D eigenvalue weighted by Gasteiger charge is -2.14. The Balaban J connectivity index is 1.45. The molecule has 2 heterocycles. The standard InChI is InChI=1S/C23H19N3O4S/c1-25-18-10-6-5-9-16(18)17(14-20(25)27)21(28)24-11-12-26-22(29)19(31-23(26)30)13-15-7-3-2-4-8-15/h2-10,13-14H,11-12H2,1H3,(H,24,28)/b19-13+. The molecule has 0 saturated carbocycles. The molecule has 0 unspecified atom stereocenters. The Morgan fingerprint density at radius 3 is 2.52 bits per heavy atom. The summed E-state index contributed by atoms with van der Waals surface area (Å²) in [6, 6.07) is 17.7. The molecule has 0 aliphatic carbocycles. The van der Waals surface area contributed by atoms with E-state index in [0.29, 0.717) is 15.8 Å². The molecule has 1 aliphatic rings. The van der Waals surface area contributed by atoms with E-state index in [1.807, 2.05) is 30.3 Å². The van der Waals surface area contributed by atoms with Crippen molar-refractivity contribution in [3.05, 3.63) is 87.0 Å². The predicted octanol–water partition coefficient (Wildman–Crippen LogP) is 3.00. The number of pyridine rings is 1. The fraction of sp³-hybridized carbons (Fsp3) is 0.130. The van der Waals surface area contributed by atoms with Crippen LogP contribution in [-0.4, -0.2) is 39.6 Å². The van der Waals surface area contributed by atoms with E-state index in [1.54, 1.807) is 37.4 Å². The summed E-state index contributed by atoms with van der Waals surface area (Å²) < 4.78 is 1.48. The number of hydrogen-bond acceptors (Lipinski definition) is 5. The van der Waals surface area contributed by atoms with E-state index in [4.69, 9.17) is 0 Å². The van der Waals surface area contributed by atoms with Gasteiger partial charge in [0.1, 0.15) is 0 Å². The van der Waals surface area contributed by atoms with Gasteiger partial charge in [-0.3, -0.25) is 24.1 Å². The van der Waals surface area contributed by atoms with Gasteiger partial charge < -0.3 is 9.88 Å². The number of amides is 3. The van der Waals surface area contributed by atoms with Gasteiger partial charge >= 0.3 is 0 Å². The number of rotatable bonds is 5. The fourth-order valence-electron chi connectivity index (χ4n) is 3.37. The molecule has 8 heteroatoms. The summed E-state index contributed by atoms with van der Waals surface area (Å²) in [4.78, 5) is 51.2. The van der Waals surface area contributed by atoms with Crippen molar-refractivity contribution in [1.82, 2.24) is 14.8 Å². The van der Waals surface area contributed by atoms with Crippen molar-refractivity contribution >= 4 is 45.8 Å². The SMILES string of the molecule is Cn1c(=O)cc(C(=O)NCCN2C(=O)S/C(=C/c3ccccc3)C2=O)c2ccccc21. The Labute approximate surface area is 182 Å². The smallest absolute Gasteiger partial charge is 0.293 e. The van der Waals surface area contributed by atoms with Gasteiger partial charge in [-0.1, -0.05) is 48.5 Å². The normalized spacial score (nSPS) is 15.1. The van der Waals surface area contributed by atoms with E-state index in [1.165, 1.54) is 10.6 Å². The van der Waals surface area contributed by atoms with Crippen LogP contribution in [0.3, 0.4) is 0 Å². The van der Waals surface area contributed by atoms with Gasteiger partial charge in [-0.05, 0) is 29.5 Å². The van der Waals surface area contributed by atoms with Crippen molar-refractivity contribution in [3.63, 3.8) is 0 Å².